The number of aliphatic carboxylic acids is 2. The Balaban J connectivity index is 5.59. The van der Waals surface area contributed by atoms with Crippen LogP contribution in [0.4, 0.5) is 0 Å². The Morgan fingerprint density at radius 1 is 0.667 bits per heavy atom. The zero-order chi connectivity index (χ0) is 27.8. The van der Waals surface area contributed by atoms with Crippen LogP contribution in [0.15, 0.2) is 0 Å². The first-order valence-corrected chi connectivity index (χ1v) is 11.2. The number of carbonyl (C=O) groups excluding carboxylic acids is 5. The van der Waals surface area contributed by atoms with Crippen molar-refractivity contribution in [2.45, 2.75) is 75.5 Å². The van der Waals surface area contributed by atoms with Gasteiger partial charge in [0.1, 0.15) is 18.1 Å². The summed E-state index contributed by atoms with van der Waals surface area (Å²) >= 11 is 0. The molecular weight excluding hydrogens is 482 g/mol. The first-order valence-electron chi connectivity index (χ1n) is 11.2. The van der Waals surface area contributed by atoms with Crippen molar-refractivity contribution in [2.75, 3.05) is 6.54 Å². The molecule has 0 aliphatic carbocycles. The predicted molar refractivity (Wildman–Crippen MR) is 123 cm³/mol. The number of amides is 5. The minimum atomic E-state index is -1.82. The fourth-order valence-corrected chi connectivity index (χ4v) is 2.95. The molecule has 0 saturated heterocycles. The van der Waals surface area contributed by atoms with Gasteiger partial charge in [-0.15, -0.1) is 0 Å². The lowest BCUT2D eigenvalue weighted by Gasteiger charge is -2.25. The fraction of sp³-hybridized carbons (Fsp3) is 0.650. The molecule has 4 unspecified atom stereocenters. The molecule has 16 nitrogen and oxygen atoms in total. The summed E-state index contributed by atoms with van der Waals surface area (Å²) in [5.41, 5.74) is 21.4. The summed E-state index contributed by atoms with van der Waals surface area (Å²) < 4.78 is 0. The van der Waals surface area contributed by atoms with Gasteiger partial charge in [0.05, 0.1) is 12.5 Å². The van der Waals surface area contributed by atoms with E-state index in [0.29, 0.717) is 19.4 Å². The predicted octanol–water partition coefficient (Wildman–Crippen LogP) is -4.01. The number of nitrogens with one attached hydrogen (secondary N) is 3. The quantitative estimate of drug-likeness (QED) is 0.0743. The van der Waals surface area contributed by atoms with E-state index in [9.17, 15) is 33.6 Å². The van der Waals surface area contributed by atoms with Gasteiger partial charge in [-0.1, -0.05) is 6.42 Å². The fourth-order valence-electron chi connectivity index (χ4n) is 2.95. The molecule has 0 bridgehead atoms. The maximum Gasteiger partial charge on any atom is 0.326 e. The van der Waals surface area contributed by atoms with E-state index in [1.807, 2.05) is 5.32 Å². The van der Waals surface area contributed by atoms with E-state index < -0.39 is 72.1 Å². The van der Waals surface area contributed by atoms with Gasteiger partial charge in [-0.05, 0) is 32.2 Å². The first-order chi connectivity index (χ1) is 16.8. The molecule has 0 saturated carbocycles. The molecule has 16 heteroatoms. The molecule has 13 N–H and O–H groups in total. The van der Waals surface area contributed by atoms with E-state index in [1.54, 1.807) is 0 Å². The molecule has 0 aromatic rings. The van der Waals surface area contributed by atoms with Gasteiger partial charge in [-0.25, -0.2) is 4.79 Å². The summed E-state index contributed by atoms with van der Waals surface area (Å²) in [6.45, 7) is 0.405. The number of carboxylic acid groups (broad SMARTS) is 2. The van der Waals surface area contributed by atoms with Gasteiger partial charge in [0.25, 0.3) is 0 Å². The van der Waals surface area contributed by atoms with E-state index in [1.165, 1.54) is 0 Å². The highest BCUT2D eigenvalue weighted by molar-refractivity contribution is 5.95. The molecule has 0 rings (SSSR count). The second-order valence-electron chi connectivity index (χ2n) is 8.02. The van der Waals surface area contributed by atoms with Crippen LogP contribution in [0.2, 0.25) is 0 Å². The van der Waals surface area contributed by atoms with Crippen LogP contribution in [-0.4, -0.2) is 82.4 Å². The van der Waals surface area contributed by atoms with Crippen molar-refractivity contribution in [3.8, 4) is 0 Å². The molecule has 204 valence electrons. The average molecular weight is 518 g/mol. The largest absolute Gasteiger partial charge is 0.481 e. The number of carboxylic acids is 2. The summed E-state index contributed by atoms with van der Waals surface area (Å²) in [6, 6.07) is -5.68. The van der Waals surface area contributed by atoms with Crippen molar-refractivity contribution >= 4 is 41.5 Å². The standard InChI is InChI=1S/C20H35N7O9/c21-8-2-1-3-10(22)17(32)25-11(4-6-14(23)28)18(33)26-12(5-7-15(24)29)19(34)27-13(20(35)36)9-16(30)31/h10-13H,1-9,21-22H2,(H2,23,28)(H2,24,29)(H,25,32)(H,26,33)(H,27,34)(H,30,31)(H,35,36). The molecule has 4 atom stereocenters. The number of rotatable bonds is 19. The van der Waals surface area contributed by atoms with Crippen LogP contribution < -0.4 is 38.9 Å². The van der Waals surface area contributed by atoms with Crippen LogP contribution >= 0.6 is 0 Å². The van der Waals surface area contributed by atoms with Crippen LogP contribution in [0, 0.1) is 0 Å². The first kappa shape index (κ1) is 32.2. The summed E-state index contributed by atoms with van der Waals surface area (Å²) in [4.78, 5) is 82.5. The molecular formula is C20H35N7O9. The zero-order valence-electron chi connectivity index (χ0n) is 19.7. The van der Waals surface area contributed by atoms with Crippen molar-refractivity contribution in [3.63, 3.8) is 0 Å². The second kappa shape index (κ2) is 16.8. The SMILES string of the molecule is NCCCCC(N)C(=O)NC(CCC(N)=O)C(=O)NC(CCC(N)=O)C(=O)NC(CC(=O)O)C(=O)O. The highest BCUT2D eigenvalue weighted by Crippen LogP contribution is 2.06. The molecule has 5 amide bonds. The smallest absolute Gasteiger partial charge is 0.326 e. The van der Waals surface area contributed by atoms with Crippen molar-refractivity contribution in [3.05, 3.63) is 0 Å². The topological polar surface area (TPSA) is 300 Å². The van der Waals surface area contributed by atoms with Crippen LogP contribution in [0.25, 0.3) is 0 Å². The van der Waals surface area contributed by atoms with Crippen molar-refractivity contribution in [1.82, 2.24) is 16.0 Å². The van der Waals surface area contributed by atoms with E-state index in [2.05, 4.69) is 10.6 Å². The number of primary amides is 2. The third-order valence-electron chi connectivity index (χ3n) is 4.92. The Morgan fingerprint density at radius 2 is 1.11 bits per heavy atom. The highest BCUT2D eigenvalue weighted by atomic mass is 16.4. The van der Waals surface area contributed by atoms with Crippen molar-refractivity contribution in [2.24, 2.45) is 22.9 Å². The van der Waals surface area contributed by atoms with E-state index in [4.69, 9.17) is 33.1 Å². The molecule has 0 aromatic heterocycles. The lowest BCUT2D eigenvalue weighted by molar-refractivity contribution is -0.147. The van der Waals surface area contributed by atoms with Crippen molar-refractivity contribution in [1.29, 1.82) is 0 Å². The highest BCUT2D eigenvalue weighted by Gasteiger charge is 2.31. The number of nitrogens with two attached hydrogens (primary N) is 4. The lowest BCUT2D eigenvalue weighted by atomic mass is 10.0. The van der Waals surface area contributed by atoms with Crippen molar-refractivity contribution < 1.29 is 43.8 Å². The summed E-state index contributed by atoms with van der Waals surface area (Å²) in [5.74, 6) is -7.49. The normalized spacial score (nSPS) is 13.9. The third kappa shape index (κ3) is 13.8. The van der Waals surface area contributed by atoms with Gasteiger partial charge < -0.3 is 49.1 Å². The molecule has 0 aliphatic rings. The summed E-state index contributed by atoms with van der Waals surface area (Å²) in [7, 11) is 0. The van der Waals surface area contributed by atoms with Gasteiger partial charge in [0.15, 0.2) is 0 Å². The molecule has 0 aromatic carbocycles. The third-order valence-corrected chi connectivity index (χ3v) is 4.92. The summed E-state index contributed by atoms with van der Waals surface area (Å²) in [5, 5.41) is 24.6. The van der Waals surface area contributed by atoms with Gasteiger partial charge >= 0.3 is 11.9 Å². The zero-order valence-corrected chi connectivity index (χ0v) is 19.7. The Labute approximate surface area is 206 Å². The minimum Gasteiger partial charge on any atom is -0.481 e. The van der Waals surface area contributed by atoms with E-state index in [-0.39, 0.29) is 32.1 Å². The molecule has 0 aliphatic heterocycles. The molecule has 0 radical (unpaired) electrons. The maximum absolute atomic E-state index is 12.9. The number of unbranched alkanes of at least 4 members (excludes halogenated alkanes) is 1. The number of hydrogen-bond donors (Lipinski definition) is 9. The van der Waals surface area contributed by atoms with E-state index >= 15 is 0 Å². The minimum absolute atomic E-state index is 0.247. The Morgan fingerprint density at radius 3 is 1.50 bits per heavy atom. The van der Waals surface area contributed by atoms with Crippen LogP contribution in [-0.2, 0) is 33.6 Å². The average Bonchev–Trinajstić information content (AvgIpc) is 2.77. The second-order valence-corrected chi connectivity index (χ2v) is 8.02. The van der Waals surface area contributed by atoms with E-state index in [0.717, 1.165) is 0 Å². The Hall–Kier alpha value is -3.79. The molecule has 0 fully saturated rings. The number of carbonyl (C=O) groups is 7. The lowest BCUT2D eigenvalue weighted by Crippen LogP contribution is -2.57. The molecule has 0 heterocycles. The van der Waals surface area contributed by atoms with Crippen LogP contribution in [0.1, 0.15) is 51.4 Å². The maximum atomic E-state index is 12.9. The molecule has 36 heavy (non-hydrogen) atoms. The van der Waals surface area contributed by atoms with Crippen LogP contribution in [0.3, 0.4) is 0 Å². The van der Waals surface area contributed by atoms with Gasteiger partial charge in [0.2, 0.25) is 29.5 Å². The van der Waals surface area contributed by atoms with Gasteiger partial charge in [0, 0.05) is 12.8 Å². The van der Waals surface area contributed by atoms with Crippen LogP contribution in [0.5, 0.6) is 0 Å². The van der Waals surface area contributed by atoms with Gasteiger partial charge in [-0.2, -0.15) is 0 Å². The van der Waals surface area contributed by atoms with Gasteiger partial charge in [-0.3, -0.25) is 28.8 Å². The number of hydrogen-bond acceptors (Lipinski definition) is 9. The Kier molecular flexibility index (Phi) is 15.0. The monoisotopic (exact) mass is 517 g/mol. The molecule has 0 spiro atoms. The Bertz CT molecular complexity index is 821. The summed E-state index contributed by atoms with van der Waals surface area (Å²) in [6.07, 6.45) is -0.793.